The van der Waals surface area contributed by atoms with Crippen LogP contribution >= 0.6 is 11.6 Å². The van der Waals surface area contributed by atoms with Crippen molar-refractivity contribution in [3.63, 3.8) is 0 Å². The topological polar surface area (TPSA) is 125 Å². The van der Waals surface area contributed by atoms with E-state index in [1.165, 1.54) is 35.8 Å². The Balaban J connectivity index is 2.45. The number of rotatable bonds is 9. The lowest BCUT2D eigenvalue weighted by Crippen LogP contribution is -2.26. The van der Waals surface area contributed by atoms with Gasteiger partial charge in [0.2, 0.25) is 10.0 Å². The third kappa shape index (κ3) is 6.33. The Morgan fingerprint density at radius 1 is 1.26 bits per heavy atom. The van der Waals surface area contributed by atoms with Gasteiger partial charge >= 0.3 is 6.09 Å². The van der Waals surface area contributed by atoms with E-state index in [9.17, 15) is 22.4 Å². The van der Waals surface area contributed by atoms with Gasteiger partial charge < -0.3 is 15.3 Å². The van der Waals surface area contributed by atoms with Crippen LogP contribution in [0.3, 0.4) is 0 Å². The highest BCUT2D eigenvalue weighted by Gasteiger charge is 2.25. The first-order valence-corrected chi connectivity index (χ1v) is 11.9. The van der Waals surface area contributed by atoms with Crippen LogP contribution in [-0.4, -0.2) is 79.2 Å². The number of carbonyl (C=O) groups is 2. The molecule has 0 saturated heterocycles. The molecule has 1 heterocycles. The number of hydrogen-bond donors (Lipinski definition) is 2. The van der Waals surface area contributed by atoms with Crippen molar-refractivity contribution in [3.8, 4) is 0 Å². The third-order valence-electron chi connectivity index (χ3n) is 4.87. The summed E-state index contributed by atoms with van der Waals surface area (Å²) in [7, 11) is 2.19. The summed E-state index contributed by atoms with van der Waals surface area (Å²) in [6, 6.07) is 4.51. The molecule has 2 amide bonds. The van der Waals surface area contributed by atoms with Gasteiger partial charge in [0.15, 0.2) is 0 Å². The van der Waals surface area contributed by atoms with Gasteiger partial charge in [0.1, 0.15) is 16.4 Å². The van der Waals surface area contributed by atoms with Crippen LogP contribution < -0.4 is 5.32 Å². The van der Waals surface area contributed by atoms with E-state index in [0.29, 0.717) is 16.8 Å². The smallest absolute Gasteiger partial charge is 0.404 e. The van der Waals surface area contributed by atoms with Gasteiger partial charge in [-0.1, -0.05) is 17.7 Å². The summed E-state index contributed by atoms with van der Waals surface area (Å²) in [6.45, 7) is 1.09. The summed E-state index contributed by atoms with van der Waals surface area (Å²) in [5, 5.41) is 15.0. The van der Waals surface area contributed by atoms with Gasteiger partial charge in [-0.05, 0) is 30.7 Å². The van der Waals surface area contributed by atoms with Gasteiger partial charge in [0, 0.05) is 46.7 Å². The minimum absolute atomic E-state index is 0.0386. The van der Waals surface area contributed by atoms with E-state index in [4.69, 9.17) is 16.7 Å². The molecule has 0 fully saturated rings. The van der Waals surface area contributed by atoms with Crippen LogP contribution in [0.2, 0.25) is 5.02 Å². The molecular weight excluding hydrogens is 489 g/mol. The van der Waals surface area contributed by atoms with E-state index in [0.717, 1.165) is 10.4 Å². The maximum Gasteiger partial charge on any atom is 0.404 e. The minimum Gasteiger partial charge on any atom is -0.465 e. The number of aromatic nitrogens is 2. The van der Waals surface area contributed by atoms with Gasteiger partial charge in [-0.3, -0.25) is 9.48 Å². The average molecular weight is 516 g/mol. The molecule has 186 valence electrons. The number of amides is 2. The minimum atomic E-state index is -3.73. The average Bonchev–Trinajstić information content (AvgIpc) is 3.01. The van der Waals surface area contributed by atoms with Crippen molar-refractivity contribution in [2.24, 2.45) is 0 Å². The highest BCUT2D eigenvalue weighted by molar-refractivity contribution is 7.89. The molecule has 10 nitrogen and oxygen atoms in total. The molecule has 13 heteroatoms. The molecule has 1 aromatic carbocycles. The number of sulfonamides is 1. The zero-order valence-electron chi connectivity index (χ0n) is 19.5. The first-order valence-electron chi connectivity index (χ1n) is 10.1. The third-order valence-corrected chi connectivity index (χ3v) is 7.17. The van der Waals surface area contributed by atoms with Crippen LogP contribution in [0.4, 0.5) is 9.18 Å². The molecule has 0 aliphatic rings. The largest absolute Gasteiger partial charge is 0.465 e. The van der Waals surface area contributed by atoms with Crippen molar-refractivity contribution in [2.45, 2.75) is 24.8 Å². The zero-order valence-corrected chi connectivity index (χ0v) is 21.0. The molecule has 2 N–H and O–H groups in total. The highest BCUT2D eigenvalue weighted by atomic mass is 35.5. The van der Waals surface area contributed by atoms with Crippen molar-refractivity contribution in [3.05, 3.63) is 57.6 Å². The fourth-order valence-electron chi connectivity index (χ4n) is 3.12. The number of aryl methyl sites for hydroxylation is 1. The lowest BCUT2D eigenvalue weighted by atomic mass is 10.0. The van der Waals surface area contributed by atoms with Crippen molar-refractivity contribution in [1.82, 2.24) is 24.3 Å². The quantitative estimate of drug-likeness (QED) is 0.528. The zero-order chi connectivity index (χ0) is 25.8. The predicted molar refractivity (Wildman–Crippen MR) is 125 cm³/mol. The Hall–Kier alpha value is -2.96. The Kier molecular flexibility index (Phi) is 8.81. The highest BCUT2D eigenvalue weighted by Crippen LogP contribution is 2.27. The summed E-state index contributed by atoms with van der Waals surface area (Å²) >= 11 is 6.25. The molecule has 2 rings (SSSR count). The summed E-state index contributed by atoms with van der Waals surface area (Å²) in [4.78, 5) is 24.8. The summed E-state index contributed by atoms with van der Waals surface area (Å²) < 4.78 is 41.5. The molecule has 0 atom stereocenters. The second kappa shape index (κ2) is 11.0. The van der Waals surface area contributed by atoms with Crippen LogP contribution in [0, 0.1) is 6.92 Å². The Labute approximate surface area is 202 Å². The van der Waals surface area contributed by atoms with E-state index < -0.39 is 27.9 Å². The predicted octanol–water partition coefficient (Wildman–Crippen LogP) is 2.51. The van der Waals surface area contributed by atoms with Gasteiger partial charge in [0.25, 0.3) is 5.91 Å². The van der Waals surface area contributed by atoms with Crippen molar-refractivity contribution < 1.29 is 27.5 Å². The maximum absolute atomic E-state index is 14.4. The van der Waals surface area contributed by atoms with Crippen molar-refractivity contribution in [1.29, 1.82) is 0 Å². The number of carbonyl (C=O) groups excluding carboxylic acids is 1. The molecule has 0 aliphatic heterocycles. The second-order valence-electron chi connectivity index (χ2n) is 7.84. The SMILES string of the molecule is Cc1nn(C/C(F)=C/CNC(=O)O)c(C(=O)N(C)C)c1Cc1ccc(S(=O)(=O)N(C)C)c(Cl)c1. The number of nitrogens with zero attached hydrogens (tertiary/aromatic N) is 4. The molecule has 0 bridgehead atoms. The van der Waals surface area contributed by atoms with Gasteiger partial charge in [-0.2, -0.15) is 5.10 Å². The van der Waals surface area contributed by atoms with E-state index in [1.807, 2.05) is 5.32 Å². The number of benzene rings is 1. The number of halogens is 2. The Morgan fingerprint density at radius 3 is 2.44 bits per heavy atom. The molecular formula is C21H27ClFN5O5S. The van der Waals surface area contributed by atoms with Gasteiger partial charge in [-0.25, -0.2) is 21.9 Å². The lowest BCUT2D eigenvalue weighted by molar-refractivity contribution is 0.0814. The van der Waals surface area contributed by atoms with E-state index in [2.05, 4.69) is 5.10 Å². The number of hydrogen-bond acceptors (Lipinski definition) is 5. The van der Waals surface area contributed by atoms with Crippen LogP contribution in [0.1, 0.15) is 27.3 Å². The number of carboxylic acid groups (broad SMARTS) is 1. The van der Waals surface area contributed by atoms with E-state index in [1.54, 1.807) is 27.1 Å². The molecule has 0 spiro atoms. The van der Waals surface area contributed by atoms with Crippen molar-refractivity contribution >= 4 is 33.6 Å². The summed E-state index contributed by atoms with van der Waals surface area (Å²) in [5.74, 6) is -1.07. The maximum atomic E-state index is 14.4. The van der Waals surface area contributed by atoms with Crippen LogP contribution in [0.15, 0.2) is 35.0 Å². The number of nitrogens with one attached hydrogen (secondary N) is 1. The van der Waals surface area contributed by atoms with Crippen molar-refractivity contribution in [2.75, 3.05) is 34.7 Å². The molecule has 1 aromatic heterocycles. The monoisotopic (exact) mass is 515 g/mol. The second-order valence-corrected chi connectivity index (χ2v) is 10.4. The van der Waals surface area contributed by atoms with Gasteiger partial charge in [-0.15, -0.1) is 0 Å². The summed E-state index contributed by atoms with van der Waals surface area (Å²) in [6.07, 6.45) is -0.0274. The fourth-order valence-corrected chi connectivity index (χ4v) is 4.55. The van der Waals surface area contributed by atoms with Crippen LogP contribution in [0.5, 0.6) is 0 Å². The molecule has 0 radical (unpaired) electrons. The van der Waals surface area contributed by atoms with E-state index in [-0.39, 0.29) is 35.1 Å². The molecule has 0 aliphatic carbocycles. The molecule has 0 unspecified atom stereocenters. The first kappa shape index (κ1) is 27.3. The van der Waals surface area contributed by atoms with Crippen LogP contribution in [0.25, 0.3) is 0 Å². The standard InChI is InChI=1S/C21H27ClFN5O5S/c1-13-16(10-14-6-7-18(17(22)11-14)34(32,33)27(4)5)19(20(29)26(2)3)28(25-13)12-15(23)8-9-24-21(30)31/h6-8,11,24H,9-10,12H2,1-5H3,(H,30,31)/b15-8-. The van der Waals surface area contributed by atoms with E-state index >= 15 is 0 Å². The first-order chi connectivity index (χ1) is 15.7. The van der Waals surface area contributed by atoms with Crippen LogP contribution in [-0.2, 0) is 23.0 Å². The summed E-state index contributed by atoms with van der Waals surface area (Å²) in [5.41, 5.74) is 1.83. The Bertz CT molecular complexity index is 1220. The Morgan fingerprint density at radius 2 is 1.91 bits per heavy atom. The molecule has 0 saturated carbocycles. The number of allylic oxidation sites excluding steroid dienone is 1. The normalized spacial score (nSPS) is 12.2. The molecule has 34 heavy (non-hydrogen) atoms. The fraction of sp³-hybridized carbons (Fsp3) is 0.381. The molecule has 2 aromatic rings. The van der Waals surface area contributed by atoms with Gasteiger partial charge in [0.05, 0.1) is 17.3 Å². The lowest BCUT2D eigenvalue weighted by Gasteiger charge is -2.15.